The molecule has 21 heavy (non-hydrogen) atoms. The van der Waals surface area contributed by atoms with Crippen molar-refractivity contribution in [1.29, 1.82) is 0 Å². The lowest BCUT2D eigenvalue weighted by molar-refractivity contribution is -0.152. The summed E-state index contributed by atoms with van der Waals surface area (Å²) in [6, 6.07) is 0. The third kappa shape index (κ3) is 6.46. The summed E-state index contributed by atoms with van der Waals surface area (Å²) in [4.78, 5) is 25.8. The fourth-order valence-electron chi connectivity index (χ4n) is 3.02. The minimum Gasteiger partial charge on any atom is -0.481 e. The number of carbonyl (C=O) groups excluding carboxylic acids is 1. The van der Waals surface area contributed by atoms with Crippen LogP contribution in [-0.2, 0) is 9.59 Å². The van der Waals surface area contributed by atoms with Crippen molar-refractivity contribution >= 4 is 11.9 Å². The number of hydrogen-bond acceptors (Lipinski definition) is 3. The minimum atomic E-state index is -0.829. The van der Waals surface area contributed by atoms with Gasteiger partial charge >= 0.3 is 5.97 Å². The van der Waals surface area contributed by atoms with E-state index in [1.807, 2.05) is 14.1 Å². The van der Waals surface area contributed by atoms with Crippen LogP contribution in [0, 0.1) is 5.41 Å². The van der Waals surface area contributed by atoms with Gasteiger partial charge < -0.3 is 15.3 Å². The Balaban J connectivity index is 2.37. The van der Waals surface area contributed by atoms with E-state index in [4.69, 9.17) is 0 Å². The maximum atomic E-state index is 12.0. The van der Waals surface area contributed by atoms with Gasteiger partial charge in [0.25, 0.3) is 0 Å². The summed E-state index contributed by atoms with van der Waals surface area (Å²) in [5.74, 6) is -0.906. The van der Waals surface area contributed by atoms with Crippen molar-refractivity contribution in [2.45, 2.75) is 57.8 Å². The highest BCUT2D eigenvalue weighted by molar-refractivity contribution is 5.85. The molecule has 0 heterocycles. The zero-order valence-corrected chi connectivity index (χ0v) is 13.5. The third-order valence-electron chi connectivity index (χ3n) is 4.37. The average Bonchev–Trinajstić information content (AvgIpc) is 2.64. The van der Waals surface area contributed by atoms with E-state index in [9.17, 15) is 14.7 Å². The smallest absolute Gasteiger partial charge is 0.310 e. The van der Waals surface area contributed by atoms with Gasteiger partial charge in [0.15, 0.2) is 0 Å². The summed E-state index contributed by atoms with van der Waals surface area (Å²) >= 11 is 0. The van der Waals surface area contributed by atoms with Crippen molar-refractivity contribution in [3.8, 4) is 0 Å². The summed E-state index contributed by atoms with van der Waals surface area (Å²) in [6.45, 7) is 1.65. The van der Waals surface area contributed by atoms with Gasteiger partial charge in [-0.05, 0) is 46.3 Å². The lowest BCUT2D eigenvalue weighted by Crippen LogP contribution is -2.37. The van der Waals surface area contributed by atoms with Crippen LogP contribution >= 0.6 is 0 Å². The fraction of sp³-hybridized carbons (Fsp3) is 0.875. The zero-order chi connectivity index (χ0) is 15.7. The number of nitrogens with one attached hydrogen (secondary N) is 1. The molecule has 1 aliphatic rings. The largest absolute Gasteiger partial charge is 0.481 e. The highest BCUT2D eigenvalue weighted by atomic mass is 16.4. The molecule has 0 radical (unpaired) electrons. The Kier molecular flexibility index (Phi) is 7.72. The quantitative estimate of drug-likeness (QED) is 0.533. The molecular formula is C16H30N2O3. The van der Waals surface area contributed by atoms with Gasteiger partial charge in [0.2, 0.25) is 5.91 Å². The van der Waals surface area contributed by atoms with E-state index in [2.05, 4.69) is 10.2 Å². The maximum absolute atomic E-state index is 12.0. The Bertz CT molecular complexity index is 334. The molecule has 0 bridgehead atoms. The predicted molar refractivity (Wildman–Crippen MR) is 83.2 cm³/mol. The fourth-order valence-corrected chi connectivity index (χ4v) is 3.02. The molecule has 0 unspecified atom stereocenters. The van der Waals surface area contributed by atoms with Crippen molar-refractivity contribution < 1.29 is 14.7 Å². The van der Waals surface area contributed by atoms with Gasteiger partial charge in [-0.15, -0.1) is 0 Å². The normalized spacial score (nSPS) is 18.2. The molecule has 1 aliphatic carbocycles. The Morgan fingerprint density at radius 1 is 1.10 bits per heavy atom. The summed E-state index contributed by atoms with van der Waals surface area (Å²) in [5.41, 5.74) is -0.829. The van der Waals surface area contributed by atoms with Crippen molar-refractivity contribution in [2.24, 2.45) is 5.41 Å². The van der Waals surface area contributed by atoms with Gasteiger partial charge in [-0.3, -0.25) is 9.59 Å². The van der Waals surface area contributed by atoms with E-state index in [0.29, 0.717) is 19.4 Å². The van der Waals surface area contributed by atoms with Gasteiger partial charge in [-0.2, -0.15) is 0 Å². The Labute approximate surface area is 128 Å². The SMILES string of the molecule is CN(C)CCCCNC(=O)CC1(C(=O)O)CCCCCC1. The molecule has 1 amide bonds. The van der Waals surface area contributed by atoms with Gasteiger partial charge in [0, 0.05) is 13.0 Å². The first kappa shape index (κ1) is 18.0. The van der Waals surface area contributed by atoms with Crippen LogP contribution in [0.1, 0.15) is 57.8 Å². The number of carbonyl (C=O) groups is 2. The number of hydrogen-bond donors (Lipinski definition) is 2. The number of nitrogens with zero attached hydrogens (tertiary/aromatic N) is 1. The molecule has 1 saturated carbocycles. The average molecular weight is 298 g/mol. The number of amides is 1. The van der Waals surface area contributed by atoms with Crippen molar-refractivity contribution in [3.05, 3.63) is 0 Å². The monoisotopic (exact) mass is 298 g/mol. The molecule has 5 heteroatoms. The number of carboxylic acids is 1. The van der Waals surface area contributed by atoms with Crippen LogP contribution in [0.15, 0.2) is 0 Å². The van der Waals surface area contributed by atoms with Crippen molar-refractivity contribution in [1.82, 2.24) is 10.2 Å². The maximum Gasteiger partial charge on any atom is 0.310 e. The first-order valence-electron chi connectivity index (χ1n) is 8.11. The van der Waals surface area contributed by atoms with Crippen LogP contribution < -0.4 is 5.32 Å². The molecule has 0 atom stereocenters. The standard InChI is InChI=1S/C16H30N2O3/c1-18(2)12-8-7-11-17-14(19)13-16(15(20)21)9-5-3-4-6-10-16/h3-13H2,1-2H3,(H,17,19)(H,20,21). The second kappa shape index (κ2) is 9.03. The lowest BCUT2D eigenvalue weighted by atomic mass is 9.77. The van der Waals surface area contributed by atoms with E-state index in [1.165, 1.54) is 0 Å². The summed E-state index contributed by atoms with van der Waals surface area (Å²) in [7, 11) is 4.06. The molecule has 2 N–H and O–H groups in total. The van der Waals surface area contributed by atoms with E-state index in [1.54, 1.807) is 0 Å². The summed E-state index contributed by atoms with van der Waals surface area (Å²) in [6.07, 6.45) is 7.39. The predicted octanol–water partition coefficient (Wildman–Crippen LogP) is 2.26. The molecule has 0 aliphatic heterocycles. The zero-order valence-electron chi connectivity index (χ0n) is 13.5. The molecule has 0 aromatic rings. The highest BCUT2D eigenvalue weighted by Gasteiger charge is 2.40. The Morgan fingerprint density at radius 2 is 1.71 bits per heavy atom. The number of rotatable bonds is 8. The molecule has 1 rings (SSSR count). The molecule has 0 spiro atoms. The van der Waals surface area contributed by atoms with Gasteiger partial charge in [0.1, 0.15) is 0 Å². The molecular weight excluding hydrogens is 268 g/mol. The molecule has 0 saturated heterocycles. The number of carboxylic acid groups (broad SMARTS) is 1. The second-order valence-corrected chi connectivity index (χ2v) is 6.54. The molecule has 0 aromatic carbocycles. The third-order valence-corrected chi connectivity index (χ3v) is 4.37. The van der Waals surface area contributed by atoms with Gasteiger partial charge in [-0.1, -0.05) is 25.7 Å². The Hall–Kier alpha value is -1.10. The van der Waals surface area contributed by atoms with Crippen LogP contribution in [0.3, 0.4) is 0 Å². The molecule has 1 fully saturated rings. The first-order chi connectivity index (χ1) is 9.96. The van der Waals surface area contributed by atoms with Crippen LogP contribution in [0.2, 0.25) is 0 Å². The first-order valence-corrected chi connectivity index (χ1v) is 8.11. The van der Waals surface area contributed by atoms with Crippen LogP contribution in [0.5, 0.6) is 0 Å². The van der Waals surface area contributed by atoms with Gasteiger partial charge in [-0.25, -0.2) is 0 Å². The summed E-state index contributed by atoms with van der Waals surface area (Å²) in [5, 5.41) is 12.4. The van der Waals surface area contributed by atoms with Crippen LogP contribution in [0.25, 0.3) is 0 Å². The second-order valence-electron chi connectivity index (χ2n) is 6.54. The van der Waals surface area contributed by atoms with Crippen molar-refractivity contribution in [3.63, 3.8) is 0 Å². The van der Waals surface area contributed by atoms with E-state index < -0.39 is 11.4 Å². The Morgan fingerprint density at radius 3 is 2.24 bits per heavy atom. The van der Waals surface area contributed by atoms with E-state index >= 15 is 0 Å². The van der Waals surface area contributed by atoms with E-state index in [0.717, 1.165) is 45.1 Å². The van der Waals surface area contributed by atoms with Gasteiger partial charge in [0.05, 0.1) is 5.41 Å². The van der Waals surface area contributed by atoms with E-state index in [-0.39, 0.29) is 12.3 Å². The van der Waals surface area contributed by atoms with Crippen LogP contribution in [-0.4, -0.2) is 49.1 Å². The number of aliphatic carboxylic acids is 1. The minimum absolute atomic E-state index is 0.107. The summed E-state index contributed by atoms with van der Waals surface area (Å²) < 4.78 is 0. The van der Waals surface area contributed by atoms with Crippen LogP contribution in [0.4, 0.5) is 0 Å². The molecule has 0 aromatic heterocycles. The lowest BCUT2D eigenvalue weighted by Gasteiger charge is -2.27. The molecule has 5 nitrogen and oxygen atoms in total. The highest BCUT2D eigenvalue weighted by Crippen LogP contribution is 2.38. The molecule has 122 valence electrons. The number of unbranched alkanes of at least 4 members (excludes halogenated alkanes) is 1. The van der Waals surface area contributed by atoms with Crippen molar-refractivity contribution in [2.75, 3.05) is 27.2 Å². The topological polar surface area (TPSA) is 69.6 Å².